The molecule has 0 saturated carbocycles. The molecular weight excluding hydrogens is 184 g/mol. The molecule has 0 aliphatic heterocycles. The van der Waals surface area contributed by atoms with Crippen LogP contribution in [0.4, 0.5) is 0 Å². The molecule has 0 aliphatic rings. The lowest BCUT2D eigenvalue weighted by Crippen LogP contribution is -2.27. The van der Waals surface area contributed by atoms with Crippen molar-refractivity contribution in [2.24, 2.45) is 0 Å². The van der Waals surface area contributed by atoms with Crippen molar-refractivity contribution in [1.82, 2.24) is 0 Å². The molecule has 1 aromatic rings. The molecule has 0 nitrogen and oxygen atoms in total. The summed E-state index contributed by atoms with van der Waals surface area (Å²) >= 11 is 0. The monoisotopic (exact) mass is 204 g/mol. The molecule has 0 atom stereocenters. The first-order chi connectivity index (χ1) is 6.69. The second-order valence-corrected chi connectivity index (χ2v) is 7.61. The molecule has 0 bridgehead atoms. The van der Waals surface area contributed by atoms with E-state index >= 15 is 0 Å². The third kappa shape index (κ3) is 2.58. The predicted octanol–water partition coefficient (Wildman–Crippen LogP) is 3.19. The molecule has 0 unspecified atom stereocenters. The lowest BCUT2D eigenvalue weighted by molar-refractivity contribution is 1.33. The summed E-state index contributed by atoms with van der Waals surface area (Å²) in [6, 6.07) is 11.7. The highest BCUT2D eigenvalue weighted by atomic mass is 28.3. The van der Waals surface area contributed by atoms with Gasteiger partial charge < -0.3 is 0 Å². The first-order valence-corrected chi connectivity index (χ1v) is 7.65. The van der Waals surface area contributed by atoms with Crippen LogP contribution >= 0.6 is 0 Å². The smallest absolute Gasteiger partial charge is 0.0702 e. The summed E-state index contributed by atoms with van der Waals surface area (Å²) in [6.45, 7) is 10.6. The number of hydrogen-bond acceptors (Lipinski definition) is 0. The van der Waals surface area contributed by atoms with Crippen molar-refractivity contribution in [3.63, 3.8) is 0 Å². The van der Waals surface area contributed by atoms with Gasteiger partial charge in [-0.1, -0.05) is 67.5 Å². The van der Waals surface area contributed by atoms with Gasteiger partial charge in [-0.3, -0.25) is 0 Å². The number of hydrogen-bond donors (Lipinski definition) is 0. The number of rotatable bonds is 4. The highest BCUT2D eigenvalue weighted by Gasteiger charge is 2.07. The van der Waals surface area contributed by atoms with E-state index in [2.05, 4.69) is 51.6 Å². The molecule has 0 heterocycles. The Balaban J connectivity index is 2.87. The topological polar surface area (TPSA) is 0 Å². The molecule has 1 aromatic carbocycles. The van der Waals surface area contributed by atoms with Gasteiger partial charge in [0.25, 0.3) is 0 Å². The van der Waals surface area contributed by atoms with Gasteiger partial charge in [0, 0.05) is 0 Å². The summed E-state index contributed by atoms with van der Waals surface area (Å²) in [5, 5.41) is 1.60. The minimum absolute atomic E-state index is 0.632. The molecule has 1 rings (SSSR count). The maximum atomic E-state index is 3.95. The van der Waals surface area contributed by atoms with Crippen molar-refractivity contribution in [2.45, 2.75) is 32.9 Å². The molecule has 0 aromatic heterocycles. The minimum Gasteiger partial charge on any atom is -0.0955 e. The molecular formula is C13H20Si. The van der Waals surface area contributed by atoms with E-state index in [0.29, 0.717) is 0 Å². The Morgan fingerprint density at radius 1 is 1.14 bits per heavy atom. The Morgan fingerprint density at radius 2 is 1.64 bits per heavy atom. The standard InChI is InChI=1S/C13H20Si/c1-5-14(6-2)13-9-7-12(8-10-13)11(3)4/h7-10,14H,3,5-6H2,1-2,4H3. The van der Waals surface area contributed by atoms with Crippen LogP contribution in [0, 0.1) is 0 Å². The molecule has 14 heavy (non-hydrogen) atoms. The molecule has 76 valence electrons. The number of allylic oxidation sites excluding steroid dienone is 1. The molecule has 0 fully saturated rings. The van der Waals surface area contributed by atoms with Crippen LogP contribution in [-0.4, -0.2) is 8.80 Å². The van der Waals surface area contributed by atoms with E-state index in [-0.39, 0.29) is 0 Å². The van der Waals surface area contributed by atoms with Gasteiger partial charge in [-0.05, 0) is 12.5 Å². The molecule has 0 spiro atoms. The van der Waals surface area contributed by atoms with E-state index in [1.807, 2.05) is 0 Å². The Kier molecular flexibility index (Phi) is 4.14. The van der Waals surface area contributed by atoms with Crippen molar-refractivity contribution < 1.29 is 0 Å². The largest absolute Gasteiger partial charge is 0.0955 e. The first-order valence-electron chi connectivity index (χ1n) is 5.44. The summed E-state index contributed by atoms with van der Waals surface area (Å²) in [7, 11) is -0.632. The Bertz CT molecular complexity index is 294. The third-order valence-corrected chi connectivity index (χ3v) is 6.16. The second kappa shape index (κ2) is 5.16. The Morgan fingerprint density at radius 3 is 2.00 bits per heavy atom. The van der Waals surface area contributed by atoms with Crippen molar-refractivity contribution in [3.05, 3.63) is 36.4 Å². The van der Waals surface area contributed by atoms with Crippen molar-refractivity contribution in [3.8, 4) is 0 Å². The zero-order chi connectivity index (χ0) is 10.6. The average Bonchev–Trinajstić information content (AvgIpc) is 2.20. The van der Waals surface area contributed by atoms with Crippen molar-refractivity contribution in [1.29, 1.82) is 0 Å². The summed E-state index contributed by atoms with van der Waals surface area (Å²) in [6.07, 6.45) is 0. The van der Waals surface area contributed by atoms with Crippen LogP contribution < -0.4 is 5.19 Å². The molecule has 0 radical (unpaired) electrons. The van der Waals surface area contributed by atoms with E-state index in [9.17, 15) is 0 Å². The van der Waals surface area contributed by atoms with Crippen LogP contribution in [0.3, 0.4) is 0 Å². The van der Waals surface area contributed by atoms with Gasteiger partial charge in [-0.2, -0.15) is 0 Å². The van der Waals surface area contributed by atoms with E-state index in [4.69, 9.17) is 0 Å². The van der Waals surface area contributed by atoms with Gasteiger partial charge in [0.15, 0.2) is 0 Å². The molecule has 0 aliphatic carbocycles. The van der Waals surface area contributed by atoms with Crippen LogP contribution in [0.15, 0.2) is 30.8 Å². The van der Waals surface area contributed by atoms with Gasteiger partial charge in [-0.15, -0.1) is 0 Å². The maximum absolute atomic E-state index is 3.95. The highest BCUT2D eigenvalue weighted by Crippen LogP contribution is 2.10. The summed E-state index contributed by atoms with van der Waals surface area (Å²) in [5.41, 5.74) is 2.43. The van der Waals surface area contributed by atoms with Gasteiger partial charge in [0.05, 0.1) is 8.80 Å². The van der Waals surface area contributed by atoms with Crippen LogP contribution in [0.25, 0.3) is 5.57 Å². The van der Waals surface area contributed by atoms with Crippen LogP contribution in [0.2, 0.25) is 12.1 Å². The van der Waals surface area contributed by atoms with Crippen molar-refractivity contribution in [2.75, 3.05) is 0 Å². The summed E-state index contributed by atoms with van der Waals surface area (Å²) in [5.74, 6) is 0. The Labute approximate surface area is 89.3 Å². The maximum Gasteiger partial charge on any atom is 0.0702 e. The zero-order valence-electron chi connectivity index (χ0n) is 9.51. The fraction of sp³-hybridized carbons (Fsp3) is 0.385. The summed E-state index contributed by atoms with van der Waals surface area (Å²) < 4.78 is 0. The quantitative estimate of drug-likeness (QED) is 0.661. The predicted molar refractivity (Wildman–Crippen MR) is 68.9 cm³/mol. The van der Waals surface area contributed by atoms with Crippen LogP contribution in [0.5, 0.6) is 0 Å². The second-order valence-electron chi connectivity index (χ2n) is 3.92. The van der Waals surface area contributed by atoms with Gasteiger partial charge >= 0.3 is 0 Å². The van der Waals surface area contributed by atoms with Crippen molar-refractivity contribution >= 4 is 19.6 Å². The fourth-order valence-corrected chi connectivity index (χ4v) is 4.06. The summed E-state index contributed by atoms with van der Waals surface area (Å²) in [4.78, 5) is 0. The number of benzene rings is 1. The molecule has 0 N–H and O–H groups in total. The highest BCUT2D eigenvalue weighted by molar-refractivity contribution is 6.73. The van der Waals surface area contributed by atoms with E-state index in [1.165, 1.54) is 17.7 Å². The fourth-order valence-electron chi connectivity index (χ4n) is 1.80. The van der Waals surface area contributed by atoms with Crippen LogP contribution in [0.1, 0.15) is 26.3 Å². The lowest BCUT2D eigenvalue weighted by atomic mass is 10.1. The molecule has 0 saturated heterocycles. The van der Waals surface area contributed by atoms with E-state index in [0.717, 1.165) is 5.57 Å². The van der Waals surface area contributed by atoms with E-state index < -0.39 is 8.80 Å². The SMILES string of the molecule is C=C(C)c1ccc([SiH](CC)CC)cc1. The zero-order valence-corrected chi connectivity index (χ0v) is 10.7. The Hall–Kier alpha value is -0.823. The molecule has 0 amide bonds. The average molecular weight is 204 g/mol. The normalized spacial score (nSPS) is 10.6. The van der Waals surface area contributed by atoms with E-state index in [1.54, 1.807) is 5.19 Å². The van der Waals surface area contributed by atoms with Gasteiger partial charge in [-0.25, -0.2) is 0 Å². The first kappa shape index (κ1) is 11.3. The van der Waals surface area contributed by atoms with Crippen LogP contribution in [-0.2, 0) is 0 Å². The third-order valence-electron chi connectivity index (χ3n) is 2.86. The lowest BCUT2D eigenvalue weighted by Gasteiger charge is -2.11. The molecule has 1 heteroatoms. The van der Waals surface area contributed by atoms with Gasteiger partial charge in [0.2, 0.25) is 0 Å². The van der Waals surface area contributed by atoms with Gasteiger partial charge in [0.1, 0.15) is 0 Å². The minimum atomic E-state index is -0.632.